The fourth-order valence-electron chi connectivity index (χ4n) is 1.77. The number of rotatable bonds is 4. The molecule has 8 heteroatoms. The lowest BCUT2D eigenvalue weighted by atomic mass is 10.3. The van der Waals surface area contributed by atoms with Crippen molar-refractivity contribution in [3.8, 4) is 0 Å². The predicted octanol–water partition coefficient (Wildman–Crippen LogP) is 3.77. The van der Waals surface area contributed by atoms with E-state index in [9.17, 15) is 4.79 Å². The van der Waals surface area contributed by atoms with Gasteiger partial charge in [-0.1, -0.05) is 17.8 Å². The second-order valence-corrected chi connectivity index (χ2v) is 7.45. The summed E-state index contributed by atoms with van der Waals surface area (Å²) in [5, 5.41) is 2.75. The van der Waals surface area contributed by atoms with Gasteiger partial charge in [-0.05, 0) is 46.3 Å². The second kappa shape index (κ2) is 6.64. The third-order valence-electron chi connectivity index (χ3n) is 2.70. The van der Waals surface area contributed by atoms with Crippen LogP contribution in [0.5, 0.6) is 0 Å². The predicted molar refractivity (Wildman–Crippen MR) is 95.3 cm³/mol. The van der Waals surface area contributed by atoms with Crippen LogP contribution in [0.4, 0.5) is 11.5 Å². The van der Waals surface area contributed by atoms with Crippen molar-refractivity contribution in [3.63, 3.8) is 0 Å². The number of carbonyl (C=O) groups is 1. The summed E-state index contributed by atoms with van der Waals surface area (Å²) in [6.45, 7) is 0. The molecule has 0 spiro atoms. The van der Waals surface area contributed by atoms with E-state index in [0.29, 0.717) is 16.1 Å². The van der Waals surface area contributed by atoms with E-state index in [1.165, 1.54) is 23.1 Å². The average Bonchev–Trinajstić information content (AvgIpc) is 2.87. The molecule has 0 aliphatic rings. The molecule has 0 fully saturated rings. The van der Waals surface area contributed by atoms with Crippen LogP contribution in [-0.4, -0.2) is 21.6 Å². The Morgan fingerprint density at radius 2 is 2.18 bits per heavy atom. The van der Waals surface area contributed by atoms with Gasteiger partial charge in [-0.2, -0.15) is 0 Å². The number of hydrogen-bond acceptors (Lipinski definition) is 6. The van der Waals surface area contributed by atoms with Gasteiger partial charge in [0, 0.05) is 5.69 Å². The van der Waals surface area contributed by atoms with Gasteiger partial charge in [0.1, 0.15) is 10.4 Å². The highest BCUT2D eigenvalue weighted by atomic mass is 79.9. The van der Waals surface area contributed by atoms with Crippen LogP contribution in [0.25, 0.3) is 10.2 Å². The summed E-state index contributed by atoms with van der Waals surface area (Å²) >= 11 is 6.20. The van der Waals surface area contributed by atoms with Crippen LogP contribution in [0.1, 0.15) is 0 Å². The van der Waals surface area contributed by atoms with Crippen molar-refractivity contribution in [1.82, 2.24) is 9.97 Å². The number of amides is 1. The highest BCUT2D eigenvalue weighted by molar-refractivity contribution is 9.10. The Morgan fingerprint density at radius 3 is 3.00 bits per heavy atom. The van der Waals surface area contributed by atoms with E-state index in [2.05, 4.69) is 31.2 Å². The number of nitrogen functional groups attached to an aromatic ring is 1. The lowest BCUT2D eigenvalue weighted by molar-refractivity contribution is -0.113. The second-order valence-electron chi connectivity index (χ2n) is 4.39. The number of fused-ring (bicyclic) bond motifs is 1. The number of benzene rings is 1. The number of anilines is 2. The molecule has 112 valence electrons. The molecule has 5 nitrogen and oxygen atoms in total. The lowest BCUT2D eigenvalue weighted by Crippen LogP contribution is -2.14. The first kappa shape index (κ1) is 15.3. The van der Waals surface area contributed by atoms with Crippen molar-refractivity contribution in [2.24, 2.45) is 0 Å². The van der Waals surface area contributed by atoms with Gasteiger partial charge in [0.05, 0.1) is 16.0 Å². The van der Waals surface area contributed by atoms with Gasteiger partial charge >= 0.3 is 0 Å². The zero-order valence-electron chi connectivity index (χ0n) is 11.2. The average molecular weight is 395 g/mol. The van der Waals surface area contributed by atoms with Crippen LogP contribution in [0, 0.1) is 0 Å². The number of thioether (sulfide) groups is 1. The standard InChI is InChI=1S/C14H11BrN4OS2/c15-11-2-1-3-12(18-11)19-13(20)7-21-14-17-9-5-4-8(16)6-10(9)22-14/h1-6H,7,16H2,(H,18,19,20). The van der Waals surface area contributed by atoms with E-state index in [-0.39, 0.29) is 11.7 Å². The highest BCUT2D eigenvalue weighted by Gasteiger charge is 2.09. The molecule has 0 saturated carbocycles. The van der Waals surface area contributed by atoms with Gasteiger partial charge in [-0.3, -0.25) is 4.79 Å². The largest absolute Gasteiger partial charge is 0.399 e. The van der Waals surface area contributed by atoms with Crippen LogP contribution in [0.2, 0.25) is 0 Å². The number of hydrogen-bond donors (Lipinski definition) is 2. The van der Waals surface area contributed by atoms with Crippen LogP contribution in [-0.2, 0) is 4.79 Å². The van der Waals surface area contributed by atoms with E-state index in [1.807, 2.05) is 24.3 Å². The minimum Gasteiger partial charge on any atom is -0.399 e. The highest BCUT2D eigenvalue weighted by Crippen LogP contribution is 2.30. The van der Waals surface area contributed by atoms with Crippen LogP contribution in [0.3, 0.4) is 0 Å². The molecule has 0 aliphatic heterocycles. The Labute approximate surface area is 143 Å². The molecule has 3 rings (SSSR count). The summed E-state index contributed by atoms with van der Waals surface area (Å²) < 4.78 is 2.55. The van der Waals surface area contributed by atoms with E-state index in [1.54, 1.807) is 12.1 Å². The summed E-state index contributed by atoms with van der Waals surface area (Å²) in [5.41, 5.74) is 7.36. The molecule has 3 N–H and O–H groups in total. The molecule has 0 unspecified atom stereocenters. The summed E-state index contributed by atoms with van der Waals surface area (Å²) in [7, 11) is 0. The minimum absolute atomic E-state index is 0.116. The quantitative estimate of drug-likeness (QED) is 0.399. The molecule has 0 bridgehead atoms. The number of aromatic nitrogens is 2. The number of nitrogens with one attached hydrogen (secondary N) is 1. The summed E-state index contributed by atoms with van der Waals surface area (Å²) in [6, 6.07) is 11.0. The normalized spacial score (nSPS) is 10.8. The SMILES string of the molecule is Nc1ccc2nc(SCC(=O)Nc3cccc(Br)n3)sc2c1. The molecule has 22 heavy (non-hydrogen) atoms. The number of thiazole rings is 1. The molecular weight excluding hydrogens is 384 g/mol. The van der Waals surface area contributed by atoms with Crippen molar-refractivity contribution in [3.05, 3.63) is 41.0 Å². The van der Waals surface area contributed by atoms with E-state index >= 15 is 0 Å². The van der Waals surface area contributed by atoms with E-state index < -0.39 is 0 Å². The fraction of sp³-hybridized carbons (Fsp3) is 0.0714. The third-order valence-corrected chi connectivity index (χ3v) is 5.30. The minimum atomic E-state index is -0.116. The molecule has 1 aromatic carbocycles. The van der Waals surface area contributed by atoms with Crippen LogP contribution >= 0.6 is 39.0 Å². The van der Waals surface area contributed by atoms with Crippen LogP contribution < -0.4 is 11.1 Å². The molecule has 1 amide bonds. The molecule has 0 saturated heterocycles. The maximum Gasteiger partial charge on any atom is 0.235 e. The summed E-state index contributed by atoms with van der Waals surface area (Å²) in [5.74, 6) is 0.690. The zero-order chi connectivity index (χ0) is 15.5. The first-order chi connectivity index (χ1) is 10.6. The van der Waals surface area contributed by atoms with Gasteiger partial charge in [-0.25, -0.2) is 9.97 Å². The number of nitrogens with zero attached hydrogens (tertiary/aromatic N) is 2. The Balaban J connectivity index is 1.62. The molecule has 0 aliphatic carbocycles. The van der Waals surface area contributed by atoms with Crippen molar-refractivity contribution in [2.75, 3.05) is 16.8 Å². The smallest absolute Gasteiger partial charge is 0.235 e. The topological polar surface area (TPSA) is 80.9 Å². The van der Waals surface area contributed by atoms with Crippen molar-refractivity contribution in [2.45, 2.75) is 4.34 Å². The Hall–Kier alpha value is -1.64. The number of carbonyl (C=O) groups excluding carboxylic acids is 1. The number of halogens is 1. The third kappa shape index (κ3) is 3.76. The lowest BCUT2D eigenvalue weighted by Gasteiger charge is -2.03. The van der Waals surface area contributed by atoms with Gasteiger partial charge < -0.3 is 11.1 Å². The molecule has 0 atom stereocenters. The molecule has 0 radical (unpaired) electrons. The number of nitrogens with two attached hydrogens (primary N) is 1. The first-order valence-corrected chi connectivity index (χ1v) is 8.91. The molecular formula is C14H11BrN4OS2. The zero-order valence-corrected chi connectivity index (χ0v) is 14.5. The Bertz CT molecular complexity index is 837. The Kier molecular flexibility index (Phi) is 4.60. The summed E-state index contributed by atoms with van der Waals surface area (Å²) in [4.78, 5) is 20.6. The maximum absolute atomic E-state index is 11.9. The van der Waals surface area contributed by atoms with E-state index in [4.69, 9.17) is 5.73 Å². The molecule has 2 heterocycles. The number of pyridine rings is 1. The monoisotopic (exact) mass is 394 g/mol. The maximum atomic E-state index is 11.9. The molecule has 2 aromatic heterocycles. The van der Waals surface area contributed by atoms with Crippen LogP contribution in [0.15, 0.2) is 45.3 Å². The first-order valence-electron chi connectivity index (χ1n) is 6.31. The van der Waals surface area contributed by atoms with Gasteiger partial charge in [0.2, 0.25) is 5.91 Å². The van der Waals surface area contributed by atoms with Crippen molar-refractivity contribution >= 4 is 66.7 Å². The van der Waals surface area contributed by atoms with Gasteiger partial charge in [0.25, 0.3) is 0 Å². The van der Waals surface area contributed by atoms with Gasteiger partial charge in [-0.15, -0.1) is 11.3 Å². The van der Waals surface area contributed by atoms with E-state index in [0.717, 1.165) is 14.6 Å². The fourth-order valence-corrected chi connectivity index (χ4v) is 4.03. The van der Waals surface area contributed by atoms with Crippen molar-refractivity contribution < 1.29 is 4.79 Å². The Morgan fingerprint density at radius 1 is 1.32 bits per heavy atom. The van der Waals surface area contributed by atoms with Crippen molar-refractivity contribution in [1.29, 1.82) is 0 Å². The molecule has 3 aromatic rings. The van der Waals surface area contributed by atoms with Gasteiger partial charge in [0.15, 0.2) is 4.34 Å². The summed E-state index contributed by atoms with van der Waals surface area (Å²) in [6.07, 6.45) is 0.